The molecule has 0 N–H and O–H groups in total. The fraction of sp³-hybridized carbons (Fsp3) is 0.462. The van der Waals surface area contributed by atoms with Crippen molar-refractivity contribution in [3.63, 3.8) is 0 Å². The summed E-state index contributed by atoms with van der Waals surface area (Å²) in [4.78, 5) is 69.1. The molecule has 1 aromatic carbocycles. The van der Waals surface area contributed by atoms with Crippen LogP contribution in [0.3, 0.4) is 0 Å². The van der Waals surface area contributed by atoms with Gasteiger partial charge in [-0.25, -0.2) is 38.5 Å². The lowest BCUT2D eigenvalue weighted by Crippen LogP contribution is -2.44. The Morgan fingerprint density at radius 3 is 2.00 bits per heavy atom. The zero-order valence-corrected chi connectivity index (χ0v) is 33.6. The molecule has 0 saturated carbocycles. The van der Waals surface area contributed by atoms with Crippen LogP contribution in [0.4, 0.5) is 24.6 Å². The van der Waals surface area contributed by atoms with Gasteiger partial charge >= 0.3 is 24.2 Å². The van der Waals surface area contributed by atoms with Crippen LogP contribution in [0.25, 0.3) is 17.0 Å². The van der Waals surface area contributed by atoms with Crippen LogP contribution in [0.2, 0.25) is 0 Å². The van der Waals surface area contributed by atoms with Crippen molar-refractivity contribution in [1.29, 1.82) is 0 Å². The molecular weight excluding hydrogens is 715 g/mol. The molecule has 0 fully saturated rings. The van der Waals surface area contributed by atoms with Crippen molar-refractivity contribution in [1.82, 2.24) is 24.3 Å². The van der Waals surface area contributed by atoms with Crippen molar-refractivity contribution in [2.45, 2.75) is 106 Å². The summed E-state index contributed by atoms with van der Waals surface area (Å²) in [5, 5.41) is 0. The van der Waals surface area contributed by atoms with Gasteiger partial charge in [0.1, 0.15) is 28.7 Å². The number of aryl methyl sites for hydroxylation is 1. The molecule has 0 radical (unpaired) electrons. The first-order chi connectivity index (χ1) is 25.4. The third kappa shape index (κ3) is 10.7. The van der Waals surface area contributed by atoms with Gasteiger partial charge in [-0.1, -0.05) is 0 Å². The summed E-state index contributed by atoms with van der Waals surface area (Å²) in [5.41, 5.74) is -0.715. The Hall–Kier alpha value is -5.80. The maximum Gasteiger partial charge on any atom is 0.425 e. The number of hydrogen-bond donors (Lipinski definition) is 0. The molecule has 16 heteroatoms. The highest BCUT2D eigenvalue weighted by Gasteiger charge is 2.37. The summed E-state index contributed by atoms with van der Waals surface area (Å²) in [6.07, 6.45) is 0.907. The lowest BCUT2D eigenvalue weighted by atomic mass is 10.0. The highest BCUT2D eigenvalue weighted by Crippen LogP contribution is 2.38. The number of benzene rings is 1. The lowest BCUT2D eigenvalue weighted by Gasteiger charge is -2.29. The monoisotopic (exact) mass is 764 g/mol. The van der Waals surface area contributed by atoms with E-state index in [-0.39, 0.29) is 29.2 Å². The highest BCUT2D eigenvalue weighted by molar-refractivity contribution is 6.10. The van der Waals surface area contributed by atoms with Gasteiger partial charge in [0.05, 0.1) is 30.6 Å². The van der Waals surface area contributed by atoms with E-state index in [9.17, 15) is 23.6 Å². The predicted octanol–water partition coefficient (Wildman–Crippen LogP) is 8.21. The number of methoxy groups -OCH3 is 1. The molecule has 3 amide bonds. The van der Waals surface area contributed by atoms with Gasteiger partial charge in [-0.05, 0) is 106 Å². The smallest absolute Gasteiger partial charge is 0.425 e. The molecule has 3 aromatic heterocycles. The SMILES string of the molecule is COC(=O)c1ccc(F)cc1[C@@H](C)Oc1cc(-c2c(CN(C)C(=O)OC(C)(C)C)nc3ncc(C)cn23)cnc1N(C(=O)OC(C)(C)C)C(=O)OC(C)(C)C. The first-order valence-corrected chi connectivity index (χ1v) is 17.5. The van der Waals surface area contributed by atoms with E-state index >= 15 is 0 Å². The number of amides is 3. The zero-order chi connectivity index (χ0) is 41.2. The fourth-order valence-corrected chi connectivity index (χ4v) is 5.23. The number of rotatable bonds is 8. The Kier molecular flexibility index (Phi) is 12.1. The minimum atomic E-state index is -1.12. The highest BCUT2D eigenvalue weighted by atomic mass is 19.1. The molecule has 0 aliphatic rings. The van der Waals surface area contributed by atoms with E-state index in [4.69, 9.17) is 28.7 Å². The number of aromatic nitrogens is 4. The van der Waals surface area contributed by atoms with E-state index in [1.807, 2.05) is 6.92 Å². The second kappa shape index (κ2) is 15.9. The summed E-state index contributed by atoms with van der Waals surface area (Å²) in [7, 11) is 2.76. The number of imide groups is 1. The molecule has 0 bridgehead atoms. The van der Waals surface area contributed by atoms with Crippen LogP contribution in [-0.2, 0) is 25.5 Å². The number of halogens is 1. The van der Waals surface area contributed by atoms with Crippen molar-refractivity contribution in [3.8, 4) is 17.0 Å². The average Bonchev–Trinajstić information content (AvgIpc) is 3.39. The van der Waals surface area contributed by atoms with Crippen LogP contribution in [0.15, 0.2) is 42.9 Å². The molecule has 0 unspecified atom stereocenters. The van der Waals surface area contributed by atoms with Crippen LogP contribution in [0.1, 0.15) is 103 Å². The molecule has 0 aliphatic carbocycles. The van der Waals surface area contributed by atoms with Gasteiger partial charge in [0.15, 0.2) is 11.6 Å². The molecule has 15 nitrogen and oxygen atoms in total. The van der Waals surface area contributed by atoms with E-state index in [0.29, 0.717) is 27.6 Å². The second-order valence-electron chi connectivity index (χ2n) is 15.9. The molecule has 3 heterocycles. The summed E-state index contributed by atoms with van der Waals surface area (Å²) in [6, 6.07) is 5.00. The minimum absolute atomic E-state index is 0.0191. The third-order valence-corrected chi connectivity index (χ3v) is 7.40. The normalized spacial score (nSPS) is 12.5. The molecule has 4 rings (SSSR count). The lowest BCUT2D eigenvalue weighted by molar-refractivity contribution is 0.0282. The molecule has 296 valence electrons. The average molecular weight is 765 g/mol. The maximum absolute atomic E-state index is 14.7. The first-order valence-electron chi connectivity index (χ1n) is 17.5. The Bertz CT molecular complexity index is 2070. The standard InChI is InChI=1S/C39H49FN6O9/c1-22-18-42-33-43-28(21-44(12)34(48)53-37(3,4)5)30(45(33)20-22)24-16-29(52-23(2)27-17-25(40)14-15-26(27)32(47)51-13)31(41-19-24)46(35(49)54-38(6,7)8)36(50)55-39(9,10)11/h14-20,23H,21H2,1-13H3/t23-/m1/s1. The van der Waals surface area contributed by atoms with E-state index in [1.54, 1.807) is 93.1 Å². The van der Waals surface area contributed by atoms with Gasteiger partial charge in [-0.15, -0.1) is 0 Å². The van der Waals surface area contributed by atoms with Crippen molar-refractivity contribution in [2.75, 3.05) is 19.1 Å². The largest absolute Gasteiger partial charge is 0.482 e. The van der Waals surface area contributed by atoms with E-state index in [0.717, 1.165) is 17.7 Å². The first kappa shape index (κ1) is 41.9. The van der Waals surface area contributed by atoms with E-state index in [1.165, 1.54) is 30.3 Å². The van der Waals surface area contributed by atoms with Gasteiger partial charge in [0.2, 0.25) is 5.78 Å². The summed E-state index contributed by atoms with van der Waals surface area (Å²) in [5.74, 6) is -1.58. The number of carbonyl (C=O) groups excluding carboxylic acids is 4. The van der Waals surface area contributed by atoms with Crippen molar-refractivity contribution < 1.29 is 47.3 Å². The van der Waals surface area contributed by atoms with Crippen LogP contribution >= 0.6 is 0 Å². The number of pyridine rings is 1. The maximum atomic E-state index is 14.7. The molecule has 55 heavy (non-hydrogen) atoms. The van der Waals surface area contributed by atoms with Crippen LogP contribution < -0.4 is 9.64 Å². The van der Waals surface area contributed by atoms with Gasteiger partial charge in [-0.3, -0.25) is 4.40 Å². The Morgan fingerprint density at radius 1 is 0.855 bits per heavy atom. The number of fused-ring (bicyclic) bond motifs is 1. The minimum Gasteiger partial charge on any atom is -0.482 e. The molecule has 0 saturated heterocycles. The number of ether oxygens (including phenoxy) is 5. The Labute approximate surface area is 319 Å². The number of carbonyl (C=O) groups is 4. The molecular formula is C39H49FN6O9. The van der Waals surface area contributed by atoms with Crippen molar-refractivity contribution in [2.24, 2.45) is 0 Å². The molecule has 0 spiro atoms. The number of imidazole rings is 1. The second-order valence-corrected chi connectivity index (χ2v) is 15.9. The van der Waals surface area contributed by atoms with Crippen LogP contribution in [0, 0.1) is 12.7 Å². The summed E-state index contributed by atoms with van der Waals surface area (Å²) in [6.45, 7) is 18.4. The number of hydrogen-bond acceptors (Lipinski definition) is 12. The number of nitrogens with zero attached hydrogens (tertiary/aromatic N) is 6. The molecule has 1 atom stereocenters. The quantitative estimate of drug-likeness (QED) is 0.125. The molecule has 0 aliphatic heterocycles. The Morgan fingerprint density at radius 2 is 1.44 bits per heavy atom. The number of esters is 1. The predicted molar refractivity (Wildman–Crippen MR) is 200 cm³/mol. The van der Waals surface area contributed by atoms with Gasteiger partial charge in [0.25, 0.3) is 0 Å². The van der Waals surface area contributed by atoms with Crippen molar-refractivity contribution in [3.05, 3.63) is 71.1 Å². The van der Waals surface area contributed by atoms with Crippen LogP contribution in [0.5, 0.6) is 5.75 Å². The molecule has 4 aromatic rings. The topological polar surface area (TPSA) is 164 Å². The summed E-state index contributed by atoms with van der Waals surface area (Å²) < 4.78 is 44.5. The Balaban J connectivity index is 1.99. The van der Waals surface area contributed by atoms with Gasteiger partial charge in [-0.2, -0.15) is 4.90 Å². The van der Waals surface area contributed by atoms with Gasteiger partial charge in [0, 0.05) is 36.8 Å². The fourth-order valence-electron chi connectivity index (χ4n) is 5.23. The third-order valence-electron chi connectivity index (χ3n) is 7.40. The zero-order valence-electron chi connectivity index (χ0n) is 33.6. The summed E-state index contributed by atoms with van der Waals surface area (Å²) >= 11 is 0. The van der Waals surface area contributed by atoms with E-state index < -0.39 is 53.0 Å². The van der Waals surface area contributed by atoms with Crippen molar-refractivity contribution >= 4 is 35.8 Å². The van der Waals surface area contributed by atoms with E-state index in [2.05, 4.69) is 9.97 Å². The van der Waals surface area contributed by atoms with Gasteiger partial charge < -0.3 is 28.6 Å². The van der Waals surface area contributed by atoms with Crippen LogP contribution in [-0.4, -0.2) is 79.5 Å². The number of anilines is 1.